The minimum atomic E-state index is -0.654. The normalized spacial score (nSPS) is 16.5. The zero-order valence-electron chi connectivity index (χ0n) is 12.2. The lowest BCUT2D eigenvalue weighted by Crippen LogP contribution is -2.44. The van der Waals surface area contributed by atoms with Crippen molar-refractivity contribution in [1.29, 1.82) is 0 Å². The lowest BCUT2D eigenvalue weighted by atomic mass is 9.86. The van der Waals surface area contributed by atoms with E-state index in [0.29, 0.717) is 5.02 Å². The molecule has 1 aliphatic rings. The Bertz CT molecular complexity index is 567. The Balaban J connectivity index is 2.33. The van der Waals surface area contributed by atoms with Gasteiger partial charge in [-0.3, -0.25) is 9.59 Å². The largest absolute Gasteiger partial charge is 0.352 e. The summed E-state index contributed by atoms with van der Waals surface area (Å²) in [4.78, 5) is 26.0. The molecule has 0 spiro atoms. The van der Waals surface area contributed by atoms with Crippen molar-refractivity contribution in [1.82, 2.24) is 5.32 Å². The maximum absolute atomic E-state index is 12.5. The molecule has 0 unspecified atom stereocenters. The molecule has 5 heteroatoms. The van der Waals surface area contributed by atoms with Gasteiger partial charge in [0.05, 0.1) is 5.41 Å². The van der Waals surface area contributed by atoms with Gasteiger partial charge in [0.15, 0.2) is 0 Å². The van der Waals surface area contributed by atoms with E-state index in [0.717, 1.165) is 11.3 Å². The second-order valence-corrected chi connectivity index (χ2v) is 6.34. The highest BCUT2D eigenvalue weighted by atomic mass is 35.5. The molecule has 108 valence electrons. The third kappa shape index (κ3) is 2.52. The van der Waals surface area contributed by atoms with E-state index in [1.165, 1.54) is 4.90 Å². The second kappa shape index (κ2) is 5.09. The van der Waals surface area contributed by atoms with Crippen LogP contribution >= 0.6 is 11.6 Å². The Morgan fingerprint density at radius 3 is 2.65 bits per heavy atom. The van der Waals surface area contributed by atoms with Crippen LogP contribution in [0.1, 0.15) is 33.3 Å². The molecule has 1 aromatic carbocycles. The molecule has 0 bridgehead atoms. The fourth-order valence-electron chi connectivity index (χ4n) is 2.47. The predicted molar refractivity (Wildman–Crippen MR) is 80.1 cm³/mol. The molecule has 0 aromatic heterocycles. The number of hydrogen-bond donors (Lipinski definition) is 1. The monoisotopic (exact) mass is 294 g/mol. The summed E-state index contributed by atoms with van der Waals surface area (Å²) in [5, 5.41) is 3.40. The Morgan fingerprint density at radius 2 is 2.05 bits per heavy atom. The highest BCUT2D eigenvalue weighted by molar-refractivity contribution is 6.31. The van der Waals surface area contributed by atoms with Crippen molar-refractivity contribution in [2.24, 2.45) is 0 Å². The highest BCUT2D eigenvalue weighted by Gasteiger charge is 2.44. The van der Waals surface area contributed by atoms with Crippen LogP contribution in [0.5, 0.6) is 0 Å². The number of nitrogens with zero attached hydrogens (tertiary/aromatic N) is 1. The summed E-state index contributed by atoms with van der Waals surface area (Å²) in [5.41, 5.74) is 0.980. The summed E-state index contributed by atoms with van der Waals surface area (Å²) in [5.74, 6) is -0.236. The number of amides is 2. The van der Waals surface area contributed by atoms with Crippen LogP contribution in [0, 0.1) is 0 Å². The third-order valence-corrected chi connectivity index (χ3v) is 3.69. The molecule has 20 heavy (non-hydrogen) atoms. The Kier molecular flexibility index (Phi) is 3.78. The minimum absolute atomic E-state index is 0.0368. The van der Waals surface area contributed by atoms with Gasteiger partial charge in [-0.05, 0) is 51.5 Å². The van der Waals surface area contributed by atoms with Gasteiger partial charge in [0.1, 0.15) is 6.54 Å². The average Bonchev–Trinajstić information content (AvgIpc) is 2.50. The topological polar surface area (TPSA) is 49.4 Å². The molecule has 1 heterocycles. The van der Waals surface area contributed by atoms with E-state index in [-0.39, 0.29) is 24.4 Å². The van der Waals surface area contributed by atoms with Crippen LogP contribution in [0.3, 0.4) is 0 Å². The zero-order chi connectivity index (χ0) is 15.1. The lowest BCUT2D eigenvalue weighted by molar-refractivity contribution is -0.125. The van der Waals surface area contributed by atoms with Crippen LogP contribution in [0.2, 0.25) is 5.02 Å². The van der Waals surface area contributed by atoms with Crippen LogP contribution in [0.15, 0.2) is 18.2 Å². The molecule has 4 nitrogen and oxygen atoms in total. The van der Waals surface area contributed by atoms with Crippen LogP contribution in [-0.4, -0.2) is 24.4 Å². The molecule has 1 N–H and O–H groups in total. The highest BCUT2D eigenvalue weighted by Crippen LogP contribution is 2.42. The number of nitrogens with one attached hydrogen (secondary N) is 1. The molecule has 0 aliphatic carbocycles. The zero-order valence-corrected chi connectivity index (χ0v) is 12.9. The first-order valence-electron chi connectivity index (χ1n) is 6.65. The minimum Gasteiger partial charge on any atom is -0.352 e. The SMILES string of the molecule is CC(C)NC(=O)CN1C(=O)C(C)(C)c2cc(Cl)ccc21. The number of carbonyl (C=O) groups is 2. The number of benzene rings is 1. The van der Waals surface area contributed by atoms with Gasteiger partial charge in [0, 0.05) is 16.8 Å². The summed E-state index contributed by atoms with van der Waals surface area (Å²) >= 11 is 6.01. The molecule has 0 atom stereocenters. The number of anilines is 1. The fourth-order valence-corrected chi connectivity index (χ4v) is 2.65. The van der Waals surface area contributed by atoms with Crippen molar-refractivity contribution in [3.63, 3.8) is 0 Å². The Morgan fingerprint density at radius 1 is 1.40 bits per heavy atom. The van der Waals surface area contributed by atoms with E-state index in [2.05, 4.69) is 5.32 Å². The van der Waals surface area contributed by atoms with Crippen molar-refractivity contribution in [3.05, 3.63) is 28.8 Å². The molecule has 0 saturated carbocycles. The van der Waals surface area contributed by atoms with Crippen LogP contribution in [-0.2, 0) is 15.0 Å². The van der Waals surface area contributed by atoms with Crippen molar-refractivity contribution < 1.29 is 9.59 Å². The first kappa shape index (κ1) is 14.9. The maximum atomic E-state index is 12.5. The fraction of sp³-hybridized carbons (Fsp3) is 0.467. The molecule has 0 saturated heterocycles. The van der Waals surface area contributed by atoms with Gasteiger partial charge in [-0.1, -0.05) is 11.6 Å². The van der Waals surface area contributed by atoms with Gasteiger partial charge in [-0.2, -0.15) is 0 Å². The Labute approximate surface area is 124 Å². The van der Waals surface area contributed by atoms with Gasteiger partial charge >= 0.3 is 0 Å². The summed E-state index contributed by atoms with van der Waals surface area (Å²) in [7, 11) is 0. The number of halogens is 1. The van der Waals surface area contributed by atoms with Gasteiger partial charge < -0.3 is 10.2 Å². The smallest absolute Gasteiger partial charge is 0.240 e. The van der Waals surface area contributed by atoms with Gasteiger partial charge in [0.2, 0.25) is 11.8 Å². The number of fused-ring (bicyclic) bond motifs is 1. The molecular formula is C15H19ClN2O2. The second-order valence-electron chi connectivity index (χ2n) is 5.90. The van der Waals surface area contributed by atoms with E-state index >= 15 is 0 Å². The number of hydrogen-bond acceptors (Lipinski definition) is 2. The summed E-state index contributed by atoms with van der Waals surface area (Å²) in [6.07, 6.45) is 0. The van der Waals surface area contributed by atoms with Crippen LogP contribution in [0.4, 0.5) is 5.69 Å². The average molecular weight is 295 g/mol. The van der Waals surface area contributed by atoms with E-state index < -0.39 is 5.41 Å². The number of rotatable bonds is 3. The third-order valence-electron chi connectivity index (χ3n) is 3.45. The first-order valence-corrected chi connectivity index (χ1v) is 7.02. The summed E-state index contributed by atoms with van der Waals surface area (Å²) in [6.45, 7) is 7.52. The molecule has 1 aliphatic heterocycles. The van der Waals surface area contributed by atoms with Crippen molar-refractivity contribution in [3.8, 4) is 0 Å². The van der Waals surface area contributed by atoms with Crippen LogP contribution in [0.25, 0.3) is 0 Å². The maximum Gasteiger partial charge on any atom is 0.240 e. The van der Waals surface area contributed by atoms with E-state index in [1.807, 2.05) is 27.7 Å². The summed E-state index contributed by atoms with van der Waals surface area (Å²) < 4.78 is 0. The standard InChI is InChI=1S/C15H19ClN2O2/c1-9(2)17-13(19)8-18-12-6-5-10(16)7-11(12)15(3,4)14(18)20/h5-7,9H,8H2,1-4H3,(H,17,19). The van der Waals surface area contributed by atoms with E-state index in [1.54, 1.807) is 18.2 Å². The molecule has 0 radical (unpaired) electrons. The van der Waals surface area contributed by atoms with Gasteiger partial charge in [-0.25, -0.2) is 0 Å². The van der Waals surface area contributed by atoms with Gasteiger partial charge in [0.25, 0.3) is 0 Å². The predicted octanol–water partition coefficient (Wildman–Crippen LogP) is 2.49. The van der Waals surface area contributed by atoms with Crippen molar-refractivity contribution in [2.75, 3.05) is 11.4 Å². The summed E-state index contributed by atoms with van der Waals surface area (Å²) in [6, 6.07) is 5.39. The molecule has 1 aromatic rings. The molecule has 2 rings (SSSR count). The molecule has 0 fully saturated rings. The van der Waals surface area contributed by atoms with Gasteiger partial charge in [-0.15, -0.1) is 0 Å². The quantitative estimate of drug-likeness (QED) is 0.931. The van der Waals surface area contributed by atoms with Crippen molar-refractivity contribution >= 4 is 29.1 Å². The Hall–Kier alpha value is -1.55. The van der Waals surface area contributed by atoms with Crippen molar-refractivity contribution in [2.45, 2.75) is 39.2 Å². The molecular weight excluding hydrogens is 276 g/mol. The lowest BCUT2D eigenvalue weighted by Gasteiger charge is -2.20. The van der Waals surface area contributed by atoms with E-state index in [4.69, 9.17) is 11.6 Å². The molecule has 2 amide bonds. The van der Waals surface area contributed by atoms with E-state index in [9.17, 15) is 9.59 Å². The number of carbonyl (C=O) groups excluding carboxylic acids is 2. The first-order chi connectivity index (χ1) is 9.23. The van der Waals surface area contributed by atoms with Crippen LogP contribution < -0.4 is 10.2 Å².